The van der Waals surface area contributed by atoms with E-state index >= 15 is 0 Å². The number of ether oxygens (including phenoxy) is 1. The first-order valence-electron chi connectivity index (χ1n) is 6.25. The number of carbonyl (C=O) groups excluding carboxylic acids is 1. The number of hydrogen-bond acceptors (Lipinski definition) is 4. The molecule has 4 nitrogen and oxygen atoms in total. The quantitative estimate of drug-likeness (QED) is 0.418. The molecule has 0 heterocycles. The van der Waals surface area contributed by atoms with Gasteiger partial charge in [-0.1, -0.05) is 18.2 Å². The van der Waals surface area contributed by atoms with E-state index < -0.39 is 48.5 Å². The fraction of sp³-hybridized carbons (Fsp3) is 0.462. The minimum absolute atomic E-state index is 0.415. The third-order valence-electron chi connectivity index (χ3n) is 3.79. The van der Waals surface area contributed by atoms with Crippen LogP contribution < -0.4 is 0 Å². The first-order chi connectivity index (χ1) is 10.4. The summed E-state index contributed by atoms with van der Waals surface area (Å²) in [4.78, 5) is 6.83. The van der Waals surface area contributed by atoms with Gasteiger partial charge in [-0.15, -0.1) is 0 Å². The molecular formula is C13H11BrF4O4S. The summed E-state index contributed by atoms with van der Waals surface area (Å²) in [6.45, 7) is 0. The zero-order valence-corrected chi connectivity index (χ0v) is 14.0. The van der Waals surface area contributed by atoms with E-state index in [1.165, 1.54) is 18.2 Å². The molecule has 0 amide bonds. The van der Waals surface area contributed by atoms with E-state index in [-0.39, 0.29) is 0 Å². The number of carbonyl (C=O) groups is 1. The summed E-state index contributed by atoms with van der Waals surface area (Å²) in [6, 6.07) is 6.33. The number of alkyl halides is 5. The largest absolute Gasteiger partial charge is 0.468 e. The Morgan fingerprint density at radius 2 is 1.78 bits per heavy atom. The molecule has 0 bridgehead atoms. The Morgan fingerprint density at radius 3 is 2.22 bits per heavy atom. The Bertz CT molecular complexity index is 717. The molecule has 1 aliphatic rings. The summed E-state index contributed by atoms with van der Waals surface area (Å²) in [5.74, 6) is -8.63. The van der Waals surface area contributed by atoms with Gasteiger partial charge in [0.2, 0.25) is 0 Å². The Balaban J connectivity index is 2.57. The second-order valence-electron chi connectivity index (χ2n) is 5.07. The van der Waals surface area contributed by atoms with Gasteiger partial charge in [0.15, 0.2) is 14.6 Å². The predicted octanol–water partition coefficient (Wildman–Crippen LogP) is 3.02. The van der Waals surface area contributed by atoms with Crippen molar-refractivity contribution in [3.63, 3.8) is 0 Å². The van der Waals surface area contributed by atoms with Crippen molar-refractivity contribution in [2.75, 3.05) is 7.11 Å². The maximum atomic E-state index is 13.9. The molecule has 0 aliphatic heterocycles. The summed E-state index contributed by atoms with van der Waals surface area (Å²) in [5, 5.41) is 0. The van der Waals surface area contributed by atoms with Crippen LogP contribution in [-0.4, -0.2) is 37.0 Å². The van der Waals surface area contributed by atoms with Gasteiger partial charge < -0.3 is 4.74 Å². The van der Waals surface area contributed by atoms with E-state index in [1.807, 2.05) is 0 Å². The van der Waals surface area contributed by atoms with Crippen LogP contribution in [0.5, 0.6) is 0 Å². The third kappa shape index (κ3) is 2.55. The van der Waals surface area contributed by atoms with Crippen molar-refractivity contribution < 1.29 is 35.5 Å². The van der Waals surface area contributed by atoms with Crippen molar-refractivity contribution in [2.45, 2.75) is 26.8 Å². The van der Waals surface area contributed by atoms with Crippen LogP contribution in [-0.2, 0) is 19.4 Å². The maximum Gasteiger partial charge on any atom is 0.363 e. The molecule has 0 saturated heterocycles. The molecule has 1 aliphatic carbocycles. The van der Waals surface area contributed by atoms with Crippen molar-refractivity contribution in [1.29, 1.82) is 0 Å². The highest BCUT2D eigenvalue weighted by atomic mass is 79.9. The lowest BCUT2D eigenvalue weighted by atomic mass is 10.2. The van der Waals surface area contributed by atoms with Crippen LogP contribution in [0.4, 0.5) is 17.6 Å². The van der Waals surface area contributed by atoms with Crippen LogP contribution in [0.25, 0.3) is 0 Å². The standard InChI is InChI=1S/C13H11BrF4O4S/c1-22-10(19)11(7-9(11)12(15,16)13(14,17)18)23(20,21)8-5-3-2-4-6-8/h2-6,9H,7H2,1H3. The van der Waals surface area contributed by atoms with E-state index in [0.717, 1.165) is 19.2 Å². The average molecular weight is 419 g/mol. The van der Waals surface area contributed by atoms with Gasteiger partial charge in [0.25, 0.3) is 0 Å². The van der Waals surface area contributed by atoms with Gasteiger partial charge in [-0.25, -0.2) is 8.42 Å². The van der Waals surface area contributed by atoms with Crippen LogP contribution in [0.2, 0.25) is 0 Å². The fourth-order valence-corrected chi connectivity index (χ4v) is 4.90. The van der Waals surface area contributed by atoms with E-state index in [9.17, 15) is 30.8 Å². The van der Waals surface area contributed by atoms with Crippen molar-refractivity contribution in [1.82, 2.24) is 0 Å². The second-order valence-corrected chi connectivity index (χ2v) is 8.28. The molecule has 2 atom stereocenters. The van der Waals surface area contributed by atoms with E-state index in [4.69, 9.17) is 0 Å². The molecule has 0 radical (unpaired) electrons. The monoisotopic (exact) mass is 418 g/mol. The van der Waals surface area contributed by atoms with Crippen LogP contribution >= 0.6 is 15.9 Å². The lowest BCUT2D eigenvalue weighted by molar-refractivity contribution is -0.167. The molecule has 0 N–H and O–H groups in total. The second kappa shape index (κ2) is 5.44. The smallest absolute Gasteiger partial charge is 0.363 e. The predicted molar refractivity (Wildman–Crippen MR) is 75.3 cm³/mol. The lowest BCUT2D eigenvalue weighted by Gasteiger charge is -2.24. The van der Waals surface area contributed by atoms with E-state index in [2.05, 4.69) is 4.74 Å². The topological polar surface area (TPSA) is 60.4 Å². The average Bonchev–Trinajstić information content (AvgIpc) is 3.24. The molecule has 1 aromatic carbocycles. The lowest BCUT2D eigenvalue weighted by Crippen LogP contribution is -2.45. The molecule has 10 heteroatoms. The first-order valence-corrected chi connectivity index (χ1v) is 8.53. The molecule has 2 unspecified atom stereocenters. The molecule has 1 saturated carbocycles. The van der Waals surface area contributed by atoms with Crippen LogP contribution in [0, 0.1) is 5.92 Å². The number of hydrogen-bond donors (Lipinski definition) is 0. The molecular weight excluding hydrogens is 408 g/mol. The molecule has 2 rings (SSSR count). The van der Waals surface area contributed by atoms with Crippen molar-refractivity contribution >= 4 is 31.7 Å². The number of sulfone groups is 1. The molecule has 23 heavy (non-hydrogen) atoms. The minimum Gasteiger partial charge on any atom is -0.468 e. The number of halogens is 5. The number of esters is 1. The summed E-state index contributed by atoms with van der Waals surface area (Å²) in [7, 11) is -3.83. The van der Waals surface area contributed by atoms with E-state index in [1.54, 1.807) is 15.9 Å². The molecule has 0 aromatic heterocycles. The first kappa shape index (κ1) is 18.2. The number of rotatable bonds is 5. The molecule has 1 aromatic rings. The number of methoxy groups -OCH3 is 1. The maximum absolute atomic E-state index is 13.9. The van der Waals surface area contributed by atoms with Gasteiger partial charge in [-0.3, -0.25) is 4.79 Å². The Hall–Kier alpha value is -1.16. The third-order valence-corrected chi connectivity index (χ3v) is 6.79. The highest BCUT2D eigenvalue weighted by molar-refractivity contribution is 9.10. The van der Waals surface area contributed by atoms with Gasteiger partial charge in [0, 0.05) is 0 Å². The minimum atomic E-state index is -4.75. The summed E-state index contributed by atoms with van der Waals surface area (Å²) < 4.78 is 80.8. The van der Waals surface area contributed by atoms with Crippen molar-refractivity contribution in [2.24, 2.45) is 5.92 Å². The summed E-state index contributed by atoms with van der Waals surface area (Å²) in [6.07, 6.45) is -0.953. The normalized spacial score (nSPS) is 25.0. The van der Waals surface area contributed by atoms with Gasteiger partial charge in [-0.05, 0) is 34.5 Å². The van der Waals surface area contributed by atoms with Gasteiger partial charge >= 0.3 is 16.7 Å². The summed E-state index contributed by atoms with van der Waals surface area (Å²) in [5.41, 5.74) is 0. The fourth-order valence-electron chi connectivity index (χ4n) is 2.48. The number of benzene rings is 1. The van der Waals surface area contributed by atoms with Crippen LogP contribution in [0.1, 0.15) is 6.42 Å². The van der Waals surface area contributed by atoms with Gasteiger partial charge in [0.1, 0.15) is 0 Å². The molecule has 1 fully saturated rings. The zero-order valence-electron chi connectivity index (χ0n) is 11.6. The van der Waals surface area contributed by atoms with Crippen LogP contribution in [0.15, 0.2) is 35.2 Å². The Kier molecular flexibility index (Phi) is 4.30. The highest BCUT2D eigenvalue weighted by Gasteiger charge is 2.82. The summed E-state index contributed by atoms with van der Waals surface area (Å²) >= 11 is 1.56. The van der Waals surface area contributed by atoms with Crippen LogP contribution in [0.3, 0.4) is 0 Å². The Labute approximate surface area is 137 Å². The van der Waals surface area contributed by atoms with Crippen molar-refractivity contribution in [3.8, 4) is 0 Å². The Morgan fingerprint density at radius 1 is 1.26 bits per heavy atom. The van der Waals surface area contributed by atoms with Gasteiger partial charge in [-0.2, -0.15) is 17.6 Å². The van der Waals surface area contributed by atoms with Gasteiger partial charge in [0.05, 0.1) is 17.9 Å². The van der Waals surface area contributed by atoms with Crippen molar-refractivity contribution in [3.05, 3.63) is 30.3 Å². The molecule has 128 valence electrons. The zero-order chi connectivity index (χ0) is 17.7. The SMILES string of the molecule is COC(=O)C1(S(=O)(=O)c2ccccc2)CC1C(F)(F)C(F)(F)Br. The highest BCUT2D eigenvalue weighted by Crippen LogP contribution is 2.64. The molecule has 0 spiro atoms. The van der Waals surface area contributed by atoms with E-state index in [0.29, 0.717) is 0 Å².